The van der Waals surface area contributed by atoms with E-state index >= 15 is 0 Å². The van der Waals surface area contributed by atoms with E-state index < -0.39 is 0 Å². The number of hydrogen-bond acceptors (Lipinski definition) is 3. The van der Waals surface area contributed by atoms with E-state index in [1.165, 1.54) is 16.7 Å². The summed E-state index contributed by atoms with van der Waals surface area (Å²) in [4.78, 5) is 30.6. The van der Waals surface area contributed by atoms with Gasteiger partial charge in [-0.3, -0.25) is 14.6 Å². The Labute approximate surface area is 156 Å². The van der Waals surface area contributed by atoms with Gasteiger partial charge in [0.25, 0.3) is 0 Å². The fraction of sp³-hybridized carbons (Fsp3) is 0.450. The lowest BCUT2D eigenvalue weighted by Crippen LogP contribution is -2.35. The third-order valence-corrected chi connectivity index (χ3v) is 5.68. The summed E-state index contributed by atoms with van der Waals surface area (Å²) in [5, 5.41) is 0.372. The minimum Gasteiger partial charge on any atom is -0.338 e. The van der Waals surface area contributed by atoms with Crippen LogP contribution >= 0.6 is 15.9 Å². The topological polar surface area (TPSA) is 50.3 Å². The molecule has 0 atom stereocenters. The third-order valence-electron chi connectivity index (χ3n) is 5.20. The first-order chi connectivity index (χ1) is 12.2. The molecule has 3 aliphatic rings. The molecule has 0 spiro atoms. The van der Waals surface area contributed by atoms with Crippen LogP contribution in [-0.4, -0.2) is 40.0 Å². The normalized spacial score (nSPS) is 18.9. The molecule has 0 aromatic carbocycles. The molecule has 1 aliphatic heterocycles. The van der Waals surface area contributed by atoms with Crippen molar-refractivity contribution in [3.05, 3.63) is 40.7 Å². The van der Waals surface area contributed by atoms with E-state index in [-0.39, 0.29) is 11.8 Å². The Kier molecular flexibility index (Phi) is 4.59. The predicted molar refractivity (Wildman–Crippen MR) is 101 cm³/mol. The second kappa shape index (κ2) is 6.87. The Bertz CT molecular complexity index is 793. The molecule has 0 bridgehead atoms. The Morgan fingerprint density at radius 2 is 2.16 bits per heavy atom. The third kappa shape index (κ3) is 3.47. The van der Waals surface area contributed by atoms with Gasteiger partial charge in [0.05, 0.1) is 11.0 Å². The lowest BCUT2D eigenvalue weighted by molar-refractivity contribution is -0.127. The standard InChI is InChI=1S/C20H21BrN2O2/c21-12-20(25)23-8-6-13(7-9-23)17-10-15(11-19(24)14-4-5-14)22-18-3-1-2-16(17)18/h1-2,6,10,14H,3-5,7-9,11-12H2. The van der Waals surface area contributed by atoms with Crippen LogP contribution in [0.3, 0.4) is 0 Å². The number of allylic oxidation sites excluding steroid dienone is 1. The van der Waals surface area contributed by atoms with Gasteiger partial charge in [0.2, 0.25) is 5.91 Å². The van der Waals surface area contributed by atoms with Crippen LogP contribution in [0.15, 0.2) is 18.2 Å². The highest BCUT2D eigenvalue weighted by atomic mass is 79.9. The first-order valence-corrected chi connectivity index (χ1v) is 10.0. The Balaban J connectivity index is 1.61. The quantitative estimate of drug-likeness (QED) is 0.713. The number of alkyl halides is 1. The number of hydrogen-bond donors (Lipinski definition) is 0. The number of halogens is 1. The van der Waals surface area contributed by atoms with Crippen LogP contribution in [0.5, 0.6) is 0 Å². The SMILES string of the molecule is O=C(Cc1cc(C2=CCN(C(=O)CBr)CC2)c2c(n1)CC=C2)C1CC1. The lowest BCUT2D eigenvalue weighted by atomic mass is 9.93. The summed E-state index contributed by atoms with van der Waals surface area (Å²) in [6.45, 7) is 1.39. The minimum atomic E-state index is 0.130. The van der Waals surface area contributed by atoms with Gasteiger partial charge in [-0.05, 0) is 36.5 Å². The van der Waals surface area contributed by atoms with Crippen LogP contribution in [0.1, 0.15) is 41.8 Å². The van der Waals surface area contributed by atoms with Gasteiger partial charge in [-0.1, -0.05) is 34.2 Å². The van der Waals surface area contributed by atoms with Crippen LogP contribution in [0.25, 0.3) is 11.6 Å². The molecule has 1 aromatic rings. The number of nitrogens with zero attached hydrogens (tertiary/aromatic N) is 2. The van der Waals surface area contributed by atoms with Gasteiger partial charge in [-0.25, -0.2) is 0 Å². The van der Waals surface area contributed by atoms with Crippen molar-refractivity contribution in [1.29, 1.82) is 0 Å². The average Bonchev–Trinajstić information content (AvgIpc) is 3.39. The van der Waals surface area contributed by atoms with E-state index in [0.717, 1.165) is 43.6 Å². The zero-order valence-corrected chi connectivity index (χ0v) is 15.7. The summed E-state index contributed by atoms with van der Waals surface area (Å²) in [7, 11) is 0. The molecule has 5 heteroatoms. The predicted octanol–water partition coefficient (Wildman–Crippen LogP) is 3.18. The van der Waals surface area contributed by atoms with E-state index in [9.17, 15) is 9.59 Å². The first kappa shape index (κ1) is 16.7. The van der Waals surface area contributed by atoms with Crippen molar-refractivity contribution >= 4 is 39.3 Å². The molecule has 4 rings (SSSR count). The second-order valence-corrected chi connectivity index (χ2v) is 7.56. The molecule has 2 heterocycles. The molecule has 1 aromatic heterocycles. The van der Waals surface area contributed by atoms with Gasteiger partial charge in [0.15, 0.2) is 0 Å². The number of carbonyl (C=O) groups excluding carboxylic acids is 2. The maximum atomic E-state index is 12.2. The number of aromatic nitrogens is 1. The van der Waals surface area contributed by atoms with Crippen LogP contribution in [0.4, 0.5) is 0 Å². The number of fused-ring (bicyclic) bond motifs is 1. The molecule has 0 unspecified atom stereocenters. The first-order valence-electron chi connectivity index (χ1n) is 8.91. The van der Waals surface area contributed by atoms with Crippen LogP contribution < -0.4 is 0 Å². The van der Waals surface area contributed by atoms with E-state index in [1.54, 1.807) is 0 Å². The number of rotatable bonds is 5. The highest BCUT2D eigenvalue weighted by Crippen LogP contribution is 2.34. The van der Waals surface area contributed by atoms with Crippen molar-refractivity contribution in [3.8, 4) is 0 Å². The molecule has 0 radical (unpaired) electrons. The Hall–Kier alpha value is -1.75. The summed E-state index contributed by atoms with van der Waals surface area (Å²) in [5.74, 6) is 0.733. The molecule has 4 nitrogen and oxygen atoms in total. The molecule has 0 N–H and O–H groups in total. The van der Waals surface area contributed by atoms with Gasteiger partial charge in [0, 0.05) is 43.1 Å². The molecular formula is C20H21BrN2O2. The molecule has 130 valence electrons. The van der Waals surface area contributed by atoms with E-state index in [0.29, 0.717) is 24.1 Å². The van der Waals surface area contributed by atoms with Crippen molar-refractivity contribution in [2.45, 2.75) is 32.1 Å². The van der Waals surface area contributed by atoms with E-state index in [1.807, 2.05) is 4.90 Å². The van der Waals surface area contributed by atoms with Gasteiger partial charge in [0.1, 0.15) is 5.78 Å². The molecule has 1 amide bonds. The highest BCUT2D eigenvalue weighted by molar-refractivity contribution is 9.09. The number of ketones is 1. The summed E-state index contributed by atoms with van der Waals surface area (Å²) in [6, 6.07) is 2.10. The van der Waals surface area contributed by atoms with E-state index in [4.69, 9.17) is 4.98 Å². The molecular weight excluding hydrogens is 380 g/mol. The van der Waals surface area contributed by atoms with Gasteiger partial charge < -0.3 is 4.90 Å². The van der Waals surface area contributed by atoms with Gasteiger partial charge in [-0.15, -0.1) is 0 Å². The van der Waals surface area contributed by atoms with Gasteiger partial charge >= 0.3 is 0 Å². The van der Waals surface area contributed by atoms with Crippen LogP contribution in [-0.2, 0) is 22.4 Å². The van der Waals surface area contributed by atoms with Crippen molar-refractivity contribution in [2.24, 2.45) is 5.92 Å². The van der Waals surface area contributed by atoms with E-state index in [2.05, 4.69) is 40.2 Å². The zero-order valence-electron chi connectivity index (χ0n) is 14.1. The van der Waals surface area contributed by atoms with Crippen molar-refractivity contribution in [2.75, 3.05) is 18.4 Å². The van der Waals surface area contributed by atoms with Crippen molar-refractivity contribution in [3.63, 3.8) is 0 Å². The number of carbonyl (C=O) groups is 2. The average molecular weight is 401 g/mol. The Morgan fingerprint density at radius 1 is 1.32 bits per heavy atom. The number of amides is 1. The molecule has 25 heavy (non-hydrogen) atoms. The molecule has 1 saturated carbocycles. The minimum absolute atomic E-state index is 0.130. The summed E-state index contributed by atoms with van der Waals surface area (Å²) in [6.07, 6.45) is 10.7. The fourth-order valence-electron chi connectivity index (χ4n) is 3.60. The van der Waals surface area contributed by atoms with Crippen molar-refractivity contribution in [1.82, 2.24) is 9.88 Å². The molecule has 1 fully saturated rings. The molecule has 2 aliphatic carbocycles. The number of Topliss-reactive ketones (excluding diaryl/α,β-unsaturated/α-hetero) is 1. The lowest BCUT2D eigenvalue weighted by Gasteiger charge is -2.27. The monoisotopic (exact) mass is 400 g/mol. The summed E-state index contributed by atoms with van der Waals surface area (Å²) < 4.78 is 0. The number of pyridine rings is 1. The molecule has 0 saturated heterocycles. The maximum absolute atomic E-state index is 12.2. The van der Waals surface area contributed by atoms with Crippen molar-refractivity contribution < 1.29 is 9.59 Å². The maximum Gasteiger partial charge on any atom is 0.233 e. The second-order valence-electron chi connectivity index (χ2n) is 7.00. The van der Waals surface area contributed by atoms with Gasteiger partial charge in [-0.2, -0.15) is 0 Å². The van der Waals surface area contributed by atoms with Crippen LogP contribution in [0.2, 0.25) is 0 Å². The fourth-order valence-corrected chi connectivity index (χ4v) is 3.96. The summed E-state index contributed by atoms with van der Waals surface area (Å²) >= 11 is 3.24. The smallest absolute Gasteiger partial charge is 0.233 e. The highest BCUT2D eigenvalue weighted by Gasteiger charge is 2.30. The zero-order chi connectivity index (χ0) is 17.4. The van der Waals surface area contributed by atoms with Crippen LogP contribution in [0, 0.1) is 5.92 Å². The largest absolute Gasteiger partial charge is 0.338 e. The summed E-state index contributed by atoms with van der Waals surface area (Å²) in [5.41, 5.74) is 5.63. The Morgan fingerprint density at radius 3 is 2.84 bits per heavy atom.